The van der Waals surface area contributed by atoms with Crippen LogP contribution < -0.4 is 20.1 Å². The zero-order valence-electron chi connectivity index (χ0n) is 30.4. The van der Waals surface area contributed by atoms with Crippen molar-refractivity contribution >= 4 is 66.4 Å². The van der Waals surface area contributed by atoms with Crippen molar-refractivity contribution in [3.05, 3.63) is 93.0 Å². The van der Waals surface area contributed by atoms with Crippen molar-refractivity contribution in [2.24, 2.45) is 0 Å². The van der Waals surface area contributed by atoms with Crippen LogP contribution >= 0.6 is 0 Å². The normalized spacial score (nSPS) is 14.3. The van der Waals surface area contributed by atoms with Crippen LogP contribution in [-0.4, -0.2) is 94.7 Å². The van der Waals surface area contributed by atoms with E-state index in [2.05, 4.69) is 39.9 Å². The molecule has 1 aliphatic heterocycles. The molecular weight excluding hydrogens is 778 g/mol. The highest BCUT2D eigenvalue weighted by atomic mass is 19.4. The fourth-order valence-corrected chi connectivity index (χ4v) is 7.09. The lowest BCUT2D eigenvalue weighted by molar-refractivity contribution is -0.384. The molecule has 0 aliphatic carbocycles. The second-order valence-corrected chi connectivity index (χ2v) is 13.6. The number of hydrogen-bond acceptors (Lipinski definition) is 12. The van der Waals surface area contributed by atoms with Gasteiger partial charge >= 0.3 is 12.7 Å². The zero-order chi connectivity index (χ0) is 41.2. The summed E-state index contributed by atoms with van der Waals surface area (Å²) in [5.74, 6) is -0.884. The number of alkyl halides is 6. The van der Waals surface area contributed by atoms with E-state index in [1.807, 2.05) is 0 Å². The summed E-state index contributed by atoms with van der Waals surface area (Å²) in [7, 11) is 0. The molecule has 1 fully saturated rings. The lowest BCUT2D eigenvalue weighted by atomic mass is 10.1. The van der Waals surface area contributed by atoms with E-state index in [0.717, 1.165) is 38.3 Å². The largest absolute Gasteiger partial charge is 0.573 e. The van der Waals surface area contributed by atoms with Crippen molar-refractivity contribution in [3.63, 3.8) is 0 Å². The highest BCUT2D eigenvalue weighted by Gasteiger charge is 2.32. The Kier molecular flexibility index (Phi) is 11.2. The van der Waals surface area contributed by atoms with Gasteiger partial charge in [0.1, 0.15) is 11.5 Å². The van der Waals surface area contributed by atoms with Crippen molar-refractivity contribution in [2.75, 3.05) is 63.0 Å². The van der Waals surface area contributed by atoms with Gasteiger partial charge in [-0.1, -0.05) is 0 Å². The topological polar surface area (TPSA) is 161 Å². The molecule has 14 nitrogen and oxygen atoms in total. The van der Waals surface area contributed by atoms with E-state index >= 15 is 0 Å². The number of anilines is 2. The second-order valence-electron chi connectivity index (χ2n) is 13.6. The van der Waals surface area contributed by atoms with Crippen LogP contribution in [-0.2, 0) is 0 Å². The van der Waals surface area contributed by atoms with E-state index in [4.69, 9.17) is 0 Å². The Balaban J connectivity index is 0.953. The van der Waals surface area contributed by atoms with Crippen LogP contribution in [0.1, 0.15) is 12.8 Å². The number of rotatable bonds is 14. The monoisotopic (exact) mass is 812 g/mol. The number of fused-ring (bicyclic) bond motifs is 4. The van der Waals surface area contributed by atoms with Crippen molar-refractivity contribution in [3.8, 4) is 11.5 Å². The molecule has 1 saturated heterocycles. The van der Waals surface area contributed by atoms with Crippen LogP contribution in [0.2, 0.25) is 0 Å². The van der Waals surface area contributed by atoms with Crippen LogP contribution in [0.15, 0.2) is 72.8 Å². The summed E-state index contributed by atoms with van der Waals surface area (Å²) >= 11 is 0. The maximum absolute atomic E-state index is 13.0. The number of benzene rings is 4. The van der Waals surface area contributed by atoms with Gasteiger partial charge in [0.15, 0.2) is 0 Å². The summed E-state index contributed by atoms with van der Waals surface area (Å²) < 4.78 is 86.3. The Morgan fingerprint density at radius 2 is 0.914 bits per heavy atom. The maximum atomic E-state index is 13.0. The molecule has 4 aromatic carbocycles. The molecule has 0 spiro atoms. The van der Waals surface area contributed by atoms with Crippen LogP contribution in [0, 0.1) is 20.2 Å². The fourth-order valence-electron chi connectivity index (χ4n) is 7.09. The molecular formula is C38H34F6N8O6. The van der Waals surface area contributed by atoms with E-state index in [1.165, 1.54) is 60.7 Å². The molecule has 1 aliphatic rings. The Hall–Kier alpha value is -6.28. The van der Waals surface area contributed by atoms with Crippen LogP contribution in [0.5, 0.6) is 11.5 Å². The van der Waals surface area contributed by atoms with Crippen LogP contribution in [0.25, 0.3) is 43.6 Å². The van der Waals surface area contributed by atoms with Crippen LogP contribution in [0.3, 0.4) is 0 Å². The first kappa shape index (κ1) is 39.9. The number of nitro groups is 2. The minimum Gasteiger partial charge on any atom is -0.406 e. The molecule has 0 bridgehead atoms. The van der Waals surface area contributed by atoms with E-state index in [9.17, 15) is 46.6 Å². The molecule has 7 rings (SSSR count). The minimum atomic E-state index is -4.91. The molecule has 20 heteroatoms. The number of aromatic nitrogens is 2. The molecule has 58 heavy (non-hydrogen) atoms. The molecule has 3 heterocycles. The highest BCUT2D eigenvalue weighted by Crippen LogP contribution is 2.38. The number of non-ortho nitro benzene ring substituents is 2. The van der Waals surface area contributed by atoms with E-state index in [1.54, 1.807) is 0 Å². The van der Waals surface area contributed by atoms with Gasteiger partial charge in [-0.2, -0.15) is 0 Å². The summed E-state index contributed by atoms with van der Waals surface area (Å²) in [5, 5.41) is 31.1. The van der Waals surface area contributed by atoms with Gasteiger partial charge in [-0.15, -0.1) is 26.3 Å². The van der Waals surface area contributed by atoms with Gasteiger partial charge in [-0.05, 0) is 74.5 Å². The predicted molar refractivity (Wildman–Crippen MR) is 204 cm³/mol. The average molecular weight is 813 g/mol. The number of pyridine rings is 2. The molecule has 0 saturated carbocycles. The number of ether oxygens (including phenoxy) is 2. The van der Waals surface area contributed by atoms with E-state index in [0.29, 0.717) is 94.0 Å². The first-order chi connectivity index (χ1) is 27.6. The standard InChI is InChI=1S/C38H34F6N8O6/c39-37(40,41)57-25-5-9-33-29(21-25)35(27-19-23(51(53)54)3-7-31(27)47-33)45-11-1-13-49-15-17-50(18-16-49)14-2-12-46-36-28-20-24(52(55)56)4-8-32(28)48-34-10-6-26(22-30(34)36)58-38(42,43)44/h3-10,19-22H,1-2,11-18H2,(H,45,47)(H,46,48). The van der Waals surface area contributed by atoms with Gasteiger partial charge < -0.3 is 29.9 Å². The zero-order valence-corrected chi connectivity index (χ0v) is 30.4. The van der Waals surface area contributed by atoms with Crippen molar-refractivity contribution in [1.82, 2.24) is 19.8 Å². The quantitative estimate of drug-likeness (QED) is 0.0355. The van der Waals surface area contributed by atoms with Crippen LogP contribution in [0.4, 0.5) is 49.1 Å². The van der Waals surface area contributed by atoms with E-state index in [-0.39, 0.29) is 11.4 Å². The molecule has 2 aromatic heterocycles. The van der Waals surface area contributed by atoms with Crippen molar-refractivity contribution < 1.29 is 45.7 Å². The van der Waals surface area contributed by atoms with Gasteiger partial charge in [0, 0.05) is 85.1 Å². The first-order valence-corrected chi connectivity index (χ1v) is 18.1. The molecule has 304 valence electrons. The third-order valence-electron chi connectivity index (χ3n) is 9.71. The molecule has 0 radical (unpaired) electrons. The number of hydrogen-bond donors (Lipinski definition) is 2. The lowest BCUT2D eigenvalue weighted by Crippen LogP contribution is -2.47. The first-order valence-electron chi connectivity index (χ1n) is 18.1. The summed E-state index contributed by atoms with van der Waals surface area (Å²) in [5.41, 5.74) is 2.10. The third kappa shape index (κ3) is 9.46. The summed E-state index contributed by atoms with van der Waals surface area (Å²) in [4.78, 5) is 35.5. The second kappa shape index (κ2) is 16.3. The fraction of sp³-hybridized carbons (Fsp3) is 0.316. The maximum Gasteiger partial charge on any atom is 0.573 e. The summed E-state index contributed by atoms with van der Waals surface area (Å²) in [6, 6.07) is 15.9. The Bertz CT molecular complexity index is 2340. The summed E-state index contributed by atoms with van der Waals surface area (Å²) in [6.07, 6.45) is -8.50. The average Bonchev–Trinajstić information content (AvgIpc) is 3.16. The Morgan fingerprint density at radius 3 is 1.26 bits per heavy atom. The molecule has 6 aromatic rings. The van der Waals surface area contributed by atoms with Crippen molar-refractivity contribution in [2.45, 2.75) is 25.6 Å². The Labute approximate surface area is 324 Å². The summed E-state index contributed by atoms with van der Waals surface area (Å²) in [6.45, 7) is 5.32. The van der Waals surface area contributed by atoms with Gasteiger partial charge in [-0.3, -0.25) is 20.2 Å². The van der Waals surface area contributed by atoms with Crippen molar-refractivity contribution in [1.29, 1.82) is 0 Å². The SMILES string of the molecule is O=[N+]([O-])c1ccc2nc3ccc(OC(F)(F)F)cc3c(NCCCN3CCN(CCCNc4c5cc(OC(F)(F)F)ccc5nc5ccc([N+](=O)[O-])cc45)CC3)c2c1. The lowest BCUT2D eigenvalue weighted by Gasteiger charge is -2.34. The number of piperazine rings is 1. The predicted octanol–water partition coefficient (Wildman–Crippen LogP) is 8.62. The smallest absolute Gasteiger partial charge is 0.406 e. The minimum absolute atomic E-state index is 0.188. The van der Waals surface area contributed by atoms with Gasteiger partial charge in [0.25, 0.3) is 11.4 Å². The molecule has 0 atom stereocenters. The number of nitrogens with one attached hydrogen (secondary N) is 2. The van der Waals surface area contributed by atoms with E-state index < -0.39 is 34.1 Å². The van der Waals surface area contributed by atoms with Gasteiger partial charge in [0.05, 0.1) is 43.3 Å². The molecule has 2 N–H and O–H groups in total. The molecule has 0 amide bonds. The number of halogens is 6. The Morgan fingerprint density at radius 1 is 0.569 bits per heavy atom. The molecule has 0 unspecified atom stereocenters. The highest BCUT2D eigenvalue weighted by molar-refractivity contribution is 6.09. The third-order valence-corrected chi connectivity index (χ3v) is 9.71. The van der Waals surface area contributed by atoms with Gasteiger partial charge in [-0.25, -0.2) is 9.97 Å². The van der Waals surface area contributed by atoms with Gasteiger partial charge in [0.2, 0.25) is 0 Å². The number of nitrogens with zero attached hydrogens (tertiary/aromatic N) is 6. The number of nitro benzene ring substituents is 2.